The number of aryl methyl sites for hydroxylation is 1. The number of anilines is 2. The molecule has 0 aliphatic carbocycles. The van der Waals surface area contributed by atoms with Gasteiger partial charge in [0, 0.05) is 11.3 Å². The maximum absolute atomic E-state index is 13.6. The highest BCUT2D eigenvalue weighted by molar-refractivity contribution is 7.98. The van der Waals surface area contributed by atoms with Crippen molar-refractivity contribution in [2.45, 2.75) is 19.0 Å². The molecule has 0 spiro atoms. The second-order valence-corrected chi connectivity index (χ2v) is 4.74. The van der Waals surface area contributed by atoms with Crippen molar-refractivity contribution in [2.75, 3.05) is 11.6 Å². The standard InChI is InChI=1S/C13H14FN3S/c1-8-5-4-6-10(7-8)15-12-9(2)11(14)16-13(17-12)18-3/h4-7H,1-3H3,(H,15,16,17). The minimum absolute atomic E-state index is 0.424. The molecule has 0 fully saturated rings. The van der Waals surface area contributed by atoms with Crippen LogP contribution in [-0.2, 0) is 0 Å². The number of nitrogens with one attached hydrogen (secondary N) is 1. The molecule has 5 heteroatoms. The van der Waals surface area contributed by atoms with E-state index in [1.807, 2.05) is 37.4 Å². The molecular weight excluding hydrogens is 249 g/mol. The minimum atomic E-state index is -0.482. The van der Waals surface area contributed by atoms with Crippen LogP contribution in [0.5, 0.6) is 0 Å². The molecule has 3 nitrogen and oxygen atoms in total. The van der Waals surface area contributed by atoms with Crippen molar-refractivity contribution in [1.29, 1.82) is 0 Å². The Morgan fingerprint density at radius 1 is 1.22 bits per heavy atom. The molecule has 1 N–H and O–H groups in total. The molecule has 0 radical (unpaired) electrons. The number of rotatable bonds is 3. The van der Waals surface area contributed by atoms with Crippen molar-refractivity contribution in [1.82, 2.24) is 9.97 Å². The highest BCUT2D eigenvalue weighted by Gasteiger charge is 2.10. The Labute approximate surface area is 110 Å². The molecule has 0 unspecified atom stereocenters. The average Bonchev–Trinajstić information content (AvgIpc) is 2.34. The fourth-order valence-corrected chi connectivity index (χ4v) is 1.90. The molecule has 94 valence electrons. The summed E-state index contributed by atoms with van der Waals surface area (Å²) in [6.45, 7) is 3.67. The van der Waals surface area contributed by atoms with Gasteiger partial charge in [-0.1, -0.05) is 23.9 Å². The van der Waals surface area contributed by atoms with E-state index >= 15 is 0 Å². The fourth-order valence-electron chi connectivity index (χ4n) is 1.54. The molecule has 1 heterocycles. The van der Waals surface area contributed by atoms with Crippen LogP contribution < -0.4 is 5.32 Å². The first kappa shape index (κ1) is 12.8. The third-order valence-electron chi connectivity index (χ3n) is 2.53. The van der Waals surface area contributed by atoms with Crippen LogP contribution >= 0.6 is 11.8 Å². The SMILES string of the molecule is CSc1nc(F)c(C)c(Nc2cccc(C)c2)n1. The van der Waals surface area contributed by atoms with Gasteiger partial charge in [0.2, 0.25) is 5.95 Å². The molecule has 0 amide bonds. The highest BCUT2D eigenvalue weighted by atomic mass is 32.2. The van der Waals surface area contributed by atoms with Crippen molar-refractivity contribution >= 4 is 23.3 Å². The first-order valence-corrected chi connectivity index (χ1v) is 6.74. The number of halogens is 1. The van der Waals surface area contributed by atoms with Crippen LogP contribution in [0.25, 0.3) is 0 Å². The Hall–Kier alpha value is -1.62. The van der Waals surface area contributed by atoms with Gasteiger partial charge in [0.25, 0.3) is 0 Å². The summed E-state index contributed by atoms with van der Waals surface area (Å²) in [6, 6.07) is 7.86. The molecule has 1 aromatic heterocycles. The molecule has 0 atom stereocenters. The number of hydrogen-bond acceptors (Lipinski definition) is 4. The maximum atomic E-state index is 13.6. The van der Waals surface area contributed by atoms with Crippen molar-refractivity contribution in [3.05, 3.63) is 41.3 Å². The summed E-state index contributed by atoms with van der Waals surface area (Å²) in [4.78, 5) is 8.03. The Morgan fingerprint density at radius 2 is 2.00 bits per heavy atom. The number of benzene rings is 1. The van der Waals surface area contributed by atoms with Crippen LogP contribution in [-0.4, -0.2) is 16.2 Å². The third-order valence-corrected chi connectivity index (χ3v) is 3.08. The van der Waals surface area contributed by atoms with Gasteiger partial charge in [0.1, 0.15) is 5.82 Å². The van der Waals surface area contributed by atoms with E-state index in [0.717, 1.165) is 11.3 Å². The second kappa shape index (κ2) is 5.35. The van der Waals surface area contributed by atoms with E-state index in [4.69, 9.17) is 0 Å². The van der Waals surface area contributed by atoms with E-state index < -0.39 is 5.95 Å². The molecule has 0 aliphatic rings. The van der Waals surface area contributed by atoms with Gasteiger partial charge < -0.3 is 5.32 Å². The summed E-state index contributed by atoms with van der Waals surface area (Å²) in [7, 11) is 0. The number of aromatic nitrogens is 2. The lowest BCUT2D eigenvalue weighted by atomic mass is 10.2. The lowest BCUT2D eigenvalue weighted by molar-refractivity contribution is 0.555. The zero-order valence-electron chi connectivity index (χ0n) is 10.5. The third kappa shape index (κ3) is 2.79. The molecule has 0 aliphatic heterocycles. The lowest BCUT2D eigenvalue weighted by Gasteiger charge is -2.10. The first-order chi connectivity index (χ1) is 8.60. The quantitative estimate of drug-likeness (QED) is 0.520. The van der Waals surface area contributed by atoms with E-state index in [0.29, 0.717) is 16.5 Å². The molecule has 0 saturated carbocycles. The van der Waals surface area contributed by atoms with Gasteiger partial charge in [-0.25, -0.2) is 4.98 Å². The molecular formula is C13H14FN3S. The number of hydrogen-bond donors (Lipinski definition) is 1. The summed E-state index contributed by atoms with van der Waals surface area (Å²) < 4.78 is 13.6. The summed E-state index contributed by atoms with van der Waals surface area (Å²) in [5, 5.41) is 3.55. The van der Waals surface area contributed by atoms with Crippen molar-refractivity contribution < 1.29 is 4.39 Å². The highest BCUT2D eigenvalue weighted by Crippen LogP contribution is 2.22. The molecule has 0 bridgehead atoms. The van der Waals surface area contributed by atoms with Gasteiger partial charge in [-0.05, 0) is 37.8 Å². The van der Waals surface area contributed by atoms with Gasteiger partial charge in [0.15, 0.2) is 5.16 Å². The average molecular weight is 263 g/mol. The minimum Gasteiger partial charge on any atom is -0.340 e. The van der Waals surface area contributed by atoms with Crippen molar-refractivity contribution in [3.63, 3.8) is 0 Å². The van der Waals surface area contributed by atoms with Crippen LogP contribution in [0.1, 0.15) is 11.1 Å². The summed E-state index contributed by atoms with van der Waals surface area (Å²) in [6.07, 6.45) is 1.82. The predicted octanol–water partition coefficient (Wildman–Crippen LogP) is 3.70. The van der Waals surface area contributed by atoms with Gasteiger partial charge >= 0.3 is 0 Å². The van der Waals surface area contributed by atoms with Crippen molar-refractivity contribution in [2.24, 2.45) is 0 Å². The Bertz CT molecular complexity index is 572. The lowest BCUT2D eigenvalue weighted by Crippen LogP contribution is -2.03. The van der Waals surface area contributed by atoms with E-state index in [2.05, 4.69) is 15.3 Å². The summed E-state index contributed by atoms with van der Waals surface area (Å²) in [5.41, 5.74) is 2.45. The van der Waals surface area contributed by atoms with Crippen LogP contribution in [0, 0.1) is 19.8 Å². The Morgan fingerprint density at radius 3 is 2.67 bits per heavy atom. The molecule has 1 aromatic carbocycles. The summed E-state index contributed by atoms with van der Waals surface area (Å²) in [5.74, 6) is 0.0296. The van der Waals surface area contributed by atoms with E-state index in [9.17, 15) is 4.39 Å². The fraction of sp³-hybridized carbons (Fsp3) is 0.231. The molecule has 18 heavy (non-hydrogen) atoms. The smallest absolute Gasteiger partial charge is 0.221 e. The predicted molar refractivity (Wildman–Crippen MR) is 73.0 cm³/mol. The maximum Gasteiger partial charge on any atom is 0.221 e. The van der Waals surface area contributed by atoms with Gasteiger partial charge in [-0.15, -0.1) is 0 Å². The Balaban J connectivity index is 2.36. The zero-order valence-corrected chi connectivity index (χ0v) is 11.3. The normalized spacial score (nSPS) is 10.4. The largest absolute Gasteiger partial charge is 0.340 e. The first-order valence-electron chi connectivity index (χ1n) is 5.52. The van der Waals surface area contributed by atoms with Crippen molar-refractivity contribution in [3.8, 4) is 0 Å². The second-order valence-electron chi connectivity index (χ2n) is 3.97. The Kier molecular flexibility index (Phi) is 3.81. The zero-order chi connectivity index (χ0) is 13.1. The van der Waals surface area contributed by atoms with E-state index in [1.165, 1.54) is 11.8 Å². The van der Waals surface area contributed by atoms with Crippen LogP contribution in [0.3, 0.4) is 0 Å². The summed E-state index contributed by atoms with van der Waals surface area (Å²) >= 11 is 1.32. The molecule has 2 aromatic rings. The number of thioether (sulfide) groups is 1. The molecule has 0 saturated heterocycles. The van der Waals surface area contributed by atoms with Crippen LogP contribution in [0.4, 0.5) is 15.9 Å². The van der Waals surface area contributed by atoms with E-state index in [-0.39, 0.29) is 0 Å². The van der Waals surface area contributed by atoms with Crippen LogP contribution in [0.2, 0.25) is 0 Å². The van der Waals surface area contributed by atoms with E-state index in [1.54, 1.807) is 6.92 Å². The number of nitrogens with zero attached hydrogens (tertiary/aromatic N) is 2. The molecule has 2 rings (SSSR count). The van der Waals surface area contributed by atoms with Gasteiger partial charge in [-0.2, -0.15) is 9.37 Å². The monoisotopic (exact) mass is 263 g/mol. The topological polar surface area (TPSA) is 37.8 Å². The van der Waals surface area contributed by atoms with Gasteiger partial charge in [0.05, 0.1) is 0 Å². The van der Waals surface area contributed by atoms with Crippen LogP contribution in [0.15, 0.2) is 29.4 Å². The van der Waals surface area contributed by atoms with Gasteiger partial charge in [-0.3, -0.25) is 0 Å².